The van der Waals surface area contributed by atoms with E-state index in [0.29, 0.717) is 48.8 Å². The van der Waals surface area contributed by atoms with Gasteiger partial charge in [-0.3, -0.25) is 33.8 Å². The summed E-state index contributed by atoms with van der Waals surface area (Å²) in [7, 11) is 1.67. The smallest absolute Gasteiger partial charge is 0.390 e. The fourth-order valence-electron chi connectivity index (χ4n) is 10.2. The third kappa shape index (κ3) is 10.9. The SMILES string of the molecule is Cn1c(=O)n([C@H]2CCC(=O)NC2=O)c2ccc(C#CCOCCN3CCC(N4CCN(Cc5ccc(-c6cn([C@H]7CC[C@H](O)CC7)c7nc(NCCC(F)(F)F)ncc67)cc5)CC4)CC3)cc21. The number of anilines is 1. The van der Waals surface area contributed by atoms with Gasteiger partial charge in [0.1, 0.15) is 18.3 Å². The zero-order valence-corrected chi connectivity index (χ0v) is 37.9. The van der Waals surface area contributed by atoms with Crippen LogP contribution in [0.4, 0.5) is 19.1 Å². The monoisotopic (exact) mass is 924 g/mol. The van der Waals surface area contributed by atoms with Gasteiger partial charge in [-0.2, -0.15) is 18.2 Å². The zero-order valence-electron chi connectivity index (χ0n) is 37.9. The lowest BCUT2D eigenvalue weighted by Crippen LogP contribution is -2.53. The number of aliphatic hydroxyl groups excluding tert-OH is 1. The molecule has 6 heterocycles. The molecule has 1 aliphatic carbocycles. The standard InChI is InChI=1S/C49H59F3N10O5/c1-57-43-29-33(6-13-41(43)62(48(57)66)42-14-15-44(64)55-46(42)65)3-2-27-67-28-26-58-20-16-36(17-21-58)60-24-22-59(23-25-60)31-34-4-7-35(8-5-34)40-32-61(37-9-11-38(63)12-10-37)45-39(40)30-54-47(56-45)53-19-18-49(50,51)52/h4-8,13,29-30,32,36-38,42,63H,9-12,14-28,31H2,1H3,(H,53,54,56)(H,55,64,65)/t37-,38-,42-/m0/s1. The van der Waals surface area contributed by atoms with Gasteiger partial charge < -0.3 is 24.6 Å². The number of piperazine rings is 1. The molecule has 0 bridgehead atoms. The molecular weight excluding hydrogens is 866 g/mol. The number of amides is 2. The molecule has 2 amide bonds. The van der Waals surface area contributed by atoms with Crippen molar-refractivity contribution < 1.29 is 32.6 Å². The van der Waals surface area contributed by atoms with E-state index in [0.717, 1.165) is 100 Å². The number of nitrogens with one attached hydrogen (secondary N) is 2. The molecule has 67 heavy (non-hydrogen) atoms. The van der Waals surface area contributed by atoms with Crippen molar-refractivity contribution in [3.05, 3.63) is 76.5 Å². The number of imide groups is 1. The van der Waals surface area contributed by atoms with Gasteiger partial charge >= 0.3 is 11.9 Å². The molecule has 2 aromatic carbocycles. The topological polar surface area (TPSA) is 155 Å². The number of aliphatic hydroxyl groups is 1. The summed E-state index contributed by atoms with van der Waals surface area (Å²) in [6.07, 6.45) is 4.01. The zero-order chi connectivity index (χ0) is 46.7. The van der Waals surface area contributed by atoms with E-state index in [4.69, 9.17) is 9.72 Å². The number of rotatable bonds is 13. The summed E-state index contributed by atoms with van der Waals surface area (Å²) in [6, 6.07) is 14.1. The number of imidazole rings is 1. The van der Waals surface area contributed by atoms with Gasteiger partial charge in [-0.1, -0.05) is 36.1 Å². The predicted octanol–water partition coefficient (Wildman–Crippen LogP) is 5.22. The Morgan fingerprint density at radius 1 is 0.896 bits per heavy atom. The Labute approximate surface area is 387 Å². The van der Waals surface area contributed by atoms with Crippen molar-refractivity contribution in [1.29, 1.82) is 0 Å². The van der Waals surface area contributed by atoms with Gasteiger partial charge in [-0.15, -0.1) is 0 Å². The number of benzene rings is 2. The van der Waals surface area contributed by atoms with Crippen LogP contribution in [0.2, 0.25) is 0 Å². The van der Waals surface area contributed by atoms with E-state index in [1.165, 1.54) is 14.7 Å². The number of piperidine rings is 2. The molecule has 3 saturated heterocycles. The first-order valence-corrected chi connectivity index (χ1v) is 23.6. The summed E-state index contributed by atoms with van der Waals surface area (Å²) < 4.78 is 49.4. The Kier molecular flexibility index (Phi) is 14.1. The number of hydrogen-bond donors (Lipinski definition) is 3. The van der Waals surface area contributed by atoms with Gasteiger partial charge in [0.25, 0.3) is 0 Å². The summed E-state index contributed by atoms with van der Waals surface area (Å²) in [5.74, 6) is 5.63. The Hall–Kier alpha value is -5.58. The highest BCUT2D eigenvalue weighted by Gasteiger charge is 2.32. The van der Waals surface area contributed by atoms with E-state index in [2.05, 4.69) is 77.2 Å². The quantitative estimate of drug-likeness (QED) is 0.0810. The Morgan fingerprint density at radius 3 is 2.39 bits per heavy atom. The second-order valence-corrected chi connectivity index (χ2v) is 18.5. The van der Waals surface area contributed by atoms with Crippen LogP contribution in [0.15, 0.2) is 59.7 Å². The number of aryl methyl sites for hydroxylation is 1. The van der Waals surface area contributed by atoms with E-state index < -0.39 is 24.5 Å². The summed E-state index contributed by atoms with van der Waals surface area (Å²) in [5.41, 5.74) is 5.69. The number of hydrogen-bond acceptors (Lipinski definition) is 11. The van der Waals surface area contributed by atoms with Crippen LogP contribution in [0, 0.1) is 11.8 Å². The largest absolute Gasteiger partial charge is 0.393 e. The number of carbonyl (C=O) groups excluding carboxylic acids is 2. The second kappa shape index (κ2) is 20.3. The van der Waals surface area contributed by atoms with Crippen LogP contribution in [-0.4, -0.2) is 139 Å². The maximum atomic E-state index is 13.1. The first-order valence-electron chi connectivity index (χ1n) is 23.6. The van der Waals surface area contributed by atoms with Gasteiger partial charge in [0.15, 0.2) is 0 Å². The van der Waals surface area contributed by atoms with E-state index in [9.17, 15) is 32.7 Å². The fraction of sp³-hybridized carbons (Fsp3) is 0.531. The number of alkyl halides is 3. The fourth-order valence-corrected chi connectivity index (χ4v) is 10.2. The molecule has 0 unspecified atom stereocenters. The third-order valence-electron chi connectivity index (χ3n) is 14.0. The minimum Gasteiger partial charge on any atom is -0.393 e. The van der Waals surface area contributed by atoms with E-state index in [1.54, 1.807) is 19.3 Å². The van der Waals surface area contributed by atoms with Crippen molar-refractivity contribution in [3.63, 3.8) is 0 Å². The molecule has 356 valence electrons. The Bertz CT molecular complexity index is 2680. The van der Waals surface area contributed by atoms with Crippen LogP contribution in [0.25, 0.3) is 33.2 Å². The molecule has 4 aliphatic rings. The summed E-state index contributed by atoms with van der Waals surface area (Å²) >= 11 is 0. The maximum absolute atomic E-state index is 13.1. The van der Waals surface area contributed by atoms with Crippen LogP contribution in [0.3, 0.4) is 0 Å². The average Bonchev–Trinajstić information content (AvgIpc) is 3.81. The first kappa shape index (κ1) is 46.5. The van der Waals surface area contributed by atoms with E-state index >= 15 is 0 Å². The lowest BCUT2D eigenvalue weighted by atomic mass is 9.93. The van der Waals surface area contributed by atoms with Crippen molar-refractivity contribution >= 4 is 39.8 Å². The molecule has 0 spiro atoms. The molecular formula is C49H59F3N10O5. The molecule has 3 aliphatic heterocycles. The minimum absolute atomic E-state index is 0.134. The highest BCUT2D eigenvalue weighted by Crippen LogP contribution is 2.37. The van der Waals surface area contributed by atoms with Crippen molar-refractivity contribution in [3.8, 4) is 23.0 Å². The third-order valence-corrected chi connectivity index (χ3v) is 14.0. The average molecular weight is 925 g/mol. The normalized spacial score (nSPS) is 21.7. The molecule has 5 aromatic rings. The van der Waals surface area contributed by atoms with Crippen molar-refractivity contribution in [1.82, 2.24) is 43.7 Å². The van der Waals surface area contributed by atoms with Gasteiger partial charge in [0.2, 0.25) is 17.8 Å². The molecule has 3 N–H and O–H groups in total. The number of nitrogens with zero attached hydrogens (tertiary/aromatic N) is 8. The molecule has 1 atom stereocenters. The highest BCUT2D eigenvalue weighted by atomic mass is 19.4. The molecule has 4 fully saturated rings. The van der Waals surface area contributed by atoms with E-state index in [1.807, 2.05) is 12.1 Å². The lowest BCUT2D eigenvalue weighted by Gasteiger charge is -2.42. The summed E-state index contributed by atoms with van der Waals surface area (Å²) in [4.78, 5) is 53.9. The van der Waals surface area contributed by atoms with Crippen molar-refractivity contribution in [2.45, 2.75) is 94.7 Å². The number of carbonyl (C=O) groups is 2. The van der Waals surface area contributed by atoms with Crippen LogP contribution < -0.4 is 16.3 Å². The lowest BCUT2D eigenvalue weighted by molar-refractivity contribution is -0.136. The van der Waals surface area contributed by atoms with Gasteiger partial charge in [0.05, 0.1) is 30.2 Å². The molecule has 0 radical (unpaired) electrons. The van der Waals surface area contributed by atoms with Gasteiger partial charge in [0, 0.05) is 100 Å². The molecule has 18 heteroatoms. The highest BCUT2D eigenvalue weighted by molar-refractivity contribution is 6.00. The van der Waals surface area contributed by atoms with Crippen LogP contribution in [0.5, 0.6) is 0 Å². The molecule has 9 rings (SSSR count). The number of likely N-dealkylation sites (tertiary alicyclic amines) is 1. The Balaban J connectivity index is 0.710. The van der Waals surface area contributed by atoms with Crippen LogP contribution in [-0.2, 0) is 27.9 Å². The van der Waals surface area contributed by atoms with Crippen molar-refractivity contribution in [2.75, 3.05) is 70.9 Å². The molecule has 1 saturated carbocycles. The minimum atomic E-state index is -4.26. The van der Waals surface area contributed by atoms with Gasteiger partial charge in [-0.05, 0) is 87.4 Å². The van der Waals surface area contributed by atoms with Crippen LogP contribution in [0.1, 0.15) is 81.0 Å². The Morgan fingerprint density at radius 2 is 1.66 bits per heavy atom. The first-order chi connectivity index (χ1) is 32.4. The second-order valence-electron chi connectivity index (χ2n) is 18.5. The molecule has 3 aromatic heterocycles. The van der Waals surface area contributed by atoms with Gasteiger partial charge in [-0.25, -0.2) is 9.78 Å². The molecule has 15 nitrogen and oxygen atoms in total. The number of halogens is 3. The predicted molar refractivity (Wildman–Crippen MR) is 248 cm³/mol. The van der Waals surface area contributed by atoms with Crippen molar-refractivity contribution in [2.24, 2.45) is 7.05 Å². The number of ether oxygens (including phenoxy) is 1. The number of fused-ring (bicyclic) bond motifs is 2. The maximum Gasteiger partial charge on any atom is 0.390 e. The number of aromatic nitrogens is 5. The summed E-state index contributed by atoms with van der Waals surface area (Å²) in [5, 5.41) is 16.1. The van der Waals surface area contributed by atoms with Crippen LogP contribution >= 0.6 is 0 Å². The van der Waals surface area contributed by atoms with E-state index in [-0.39, 0.29) is 49.1 Å². The summed E-state index contributed by atoms with van der Waals surface area (Å²) in [6.45, 7) is 8.53.